The summed E-state index contributed by atoms with van der Waals surface area (Å²) in [4.78, 5) is 37.5. The van der Waals surface area contributed by atoms with Crippen molar-refractivity contribution < 1.29 is 4.79 Å². The Bertz CT molecular complexity index is 810. The fraction of sp³-hybridized carbons (Fsp3) is 0.562. The van der Waals surface area contributed by atoms with E-state index in [0.717, 1.165) is 12.1 Å². The van der Waals surface area contributed by atoms with Gasteiger partial charge in [0.2, 0.25) is 0 Å². The highest BCUT2D eigenvalue weighted by atomic mass is 32.1. The van der Waals surface area contributed by atoms with E-state index < -0.39 is 0 Å². The first-order chi connectivity index (χ1) is 11.3. The lowest BCUT2D eigenvalue weighted by Gasteiger charge is -2.47. The number of amides is 2. The molecule has 0 atom stereocenters. The average molecular weight is 349 g/mol. The molecule has 1 aliphatic rings. The van der Waals surface area contributed by atoms with Gasteiger partial charge in [-0.2, -0.15) is 0 Å². The summed E-state index contributed by atoms with van der Waals surface area (Å²) < 4.78 is 0.666. The number of nitrogens with one attached hydrogen (secondary N) is 1. The Balaban J connectivity index is 1.77. The van der Waals surface area contributed by atoms with Gasteiger partial charge in [0.1, 0.15) is 10.5 Å². The van der Waals surface area contributed by atoms with Crippen molar-refractivity contribution in [2.75, 3.05) is 33.7 Å². The average Bonchev–Trinajstić information content (AvgIpc) is 2.97. The molecule has 3 heterocycles. The lowest BCUT2D eigenvalue weighted by molar-refractivity contribution is 0.0229. The highest BCUT2D eigenvalue weighted by Crippen LogP contribution is 2.23. The minimum Gasteiger partial charge on any atom is -0.331 e. The van der Waals surface area contributed by atoms with Gasteiger partial charge in [-0.25, -0.2) is 9.78 Å². The first-order valence-electron chi connectivity index (χ1n) is 7.95. The summed E-state index contributed by atoms with van der Waals surface area (Å²) in [5.41, 5.74) is 0.480. The number of nitrogens with zero attached hydrogens (tertiary/aromatic N) is 4. The van der Waals surface area contributed by atoms with Gasteiger partial charge in [-0.05, 0) is 25.3 Å². The molecule has 8 heteroatoms. The van der Waals surface area contributed by atoms with Gasteiger partial charge in [0.25, 0.3) is 5.56 Å². The number of hydrogen-bond donors (Lipinski definition) is 1. The van der Waals surface area contributed by atoms with Crippen LogP contribution in [0.2, 0.25) is 0 Å². The normalized spacial score (nSPS) is 18.1. The molecule has 3 rings (SSSR count). The zero-order chi connectivity index (χ0) is 17.5. The molecule has 0 spiro atoms. The van der Waals surface area contributed by atoms with E-state index in [4.69, 9.17) is 0 Å². The number of hydrogen-bond acceptors (Lipinski definition) is 5. The summed E-state index contributed by atoms with van der Waals surface area (Å²) in [6.45, 7) is 6.86. The third-order valence-electron chi connectivity index (χ3n) is 4.43. The van der Waals surface area contributed by atoms with E-state index in [1.165, 1.54) is 11.3 Å². The van der Waals surface area contributed by atoms with Crippen LogP contribution in [0.1, 0.15) is 19.7 Å². The standard InChI is InChI=1S/C16H23N5O2S/c1-16(2)10-20(15(23)19(3)4)6-7-21(16)9-12-17-11-5-8-24-13(11)14(22)18-12/h5,8H,6-7,9-10H2,1-4H3,(H,17,18,22). The van der Waals surface area contributed by atoms with Crippen LogP contribution in [0.25, 0.3) is 10.2 Å². The second kappa shape index (κ2) is 6.18. The quantitative estimate of drug-likeness (QED) is 0.893. The van der Waals surface area contributed by atoms with Gasteiger partial charge < -0.3 is 14.8 Å². The van der Waals surface area contributed by atoms with Crippen LogP contribution in [0, 0.1) is 0 Å². The molecule has 0 aliphatic carbocycles. The third kappa shape index (κ3) is 3.16. The molecule has 1 N–H and O–H groups in total. The summed E-state index contributed by atoms with van der Waals surface area (Å²) in [6.07, 6.45) is 0. The van der Waals surface area contributed by atoms with Gasteiger partial charge in [0.05, 0.1) is 12.1 Å². The van der Waals surface area contributed by atoms with Crippen molar-refractivity contribution in [1.29, 1.82) is 0 Å². The van der Waals surface area contributed by atoms with Gasteiger partial charge in [-0.15, -0.1) is 11.3 Å². The molecule has 0 bridgehead atoms. The van der Waals surface area contributed by atoms with Gasteiger partial charge in [-0.3, -0.25) is 9.69 Å². The smallest absolute Gasteiger partial charge is 0.319 e. The lowest BCUT2D eigenvalue weighted by Crippen LogP contribution is -2.61. The summed E-state index contributed by atoms with van der Waals surface area (Å²) in [5, 5.41) is 1.88. The molecule has 24 heavy (non-hydrogen) atoms. The van der Waals surface area contributed by atoms with Crippen LogP contribution in [-0.2, 0) is 6.54 Å². The molecule has 130 valence electrons. The molecular formula is C16H23N5O2S. The maximum Gasteiger partial charge on any atom is 0.319 e. The maximum atomic E-state index is 12.2. The Kier molecular flexibility index (Phi) is 4.35. The number of rotatable bonds is 2. The van der Waals surface area contributed by atoms with Crippen molar-refractivity contribution in [2.45, 2.75) is 25.9 Å². The predicted molar refractivity (Wildman–Crippen MR) is 95.4 cm³/mol. The van der Waals surface area contributed by atoms with E-state index >= 15 is 0 Å². The summed E-state index contributed by atoms with van der Waals surface area (Å²) in [5.74, 6) is 0.673. The number of thiophene rings is 1. The van der Waals surface area contributed by atoms with E-state index in [9.17, 15) is 9.59 Å². The zero-order valence-electron chi connectivity index (χ0n) is 14.5. The molecule has 1 aliphatic heterocycles. The highest BCUT2D eigenvalue weighted by molar-refractivity contribution is 7.17. The van der Waals surface area contributed by atoms with E-state index in [1.54, 1.807) is 19.0 Å². The molecule has 2 aromatic rings. The fourth-order valence-corrected chi connectivity index (χ4v) is 3.83. The number of aromatic amines is 1. The Hall–Kier alpha value is -1.93. The van der Waals surface area contributed by atoms with Crippen LogP contribution in [0.4, 0.5) is 4.79 Å². The van der Waals surface area contributed by atoms with Crippen molar-refractivity contribution in [3.63, 3.8) is 0 Å². The van der Waals surface area contributed by atoms with Gasteiger partial charge >= 0.3 is 6.03 Å². The Morgan fingerprint density at radius 1 is 1.42 bits per heavy atom. The van der Waals surface area contributed by atoms with Crippen LogP contribution in [-0.4, -0.2) is 70.0 Å². The fourth-order valence-electron chi connectivity index (χ4n) is 3.11. The van der Waals surface area contributed by atoms with E-state index in [-0.39, 0.29) is 17.1 Å². The molecular weight excluding hydrogens is 326 g/mol. The van der Waals surface area contributed by atoms with Crippen molar-refractivity contribution in [3.8, 4) is 0 Å². The molecule has 1 saturated heterocycles. The largest absolute Gasteiger partial charge is 0.331 e. The van der Waals surface area contributed by atoms with Crippen LogP contribution in [0.3, 0.4) is 0 Å². The second-order valence-corrected chi connectivity index (χ2v) is 7.90. The summed E-state index contributed by atoms with van der Waals surface area (Å²) >= 11 is 1.41. The van der Waals surface area contributed by atoms with Crippen molar-refractivity contribution in [1.82, 2.24) is 24.7 Å². The zero-order valence-corrected chi connectivity index (χ0v) is 15.3. The summed E-state index contributed by atoms with van der Waals surface area (Å²) in [6, 6.07) is 1.91. The van der Waals surface area contributed by atoms with Crippen molar-refractivity contribution in [3.05, 3.63) is 27.6 Å². The Morgan fingerprint density at radius 3 is 2.83 bits per heavy atom. The number of aromatic nitrogens is 2. The molecule has 0 aromatic carbocycles. The van der Waals surface area contributed by atoms with E-state index in [2.05, 4.69) is 28.7 Å². The molecule has 7 nitrogen and oxygen atoms in total. The van der Waals surface area contributed by atoms with Gasteiger partial charge in [0.15, 0.2) is 0 Å². The number of piperazine rings is 1. The summed E-state index contributed by atoms with van der Waals surface area (Å²) in [7, 11) is 3.54. The second-order valence-electron chi connectivity index (χ2n) is 6.98. The number of H-pyrrole nitrogens is 1. The molecule has 1 fully saturated rings. The molecule has 0 radical (unpaired) electrons. The number of urea groups is 1. The number of carbonyl (C=O) groups is 1. The minimum absolute atomic E-state index is 0.0361. The molecule has 0 unspecified atom stereocenters. The highest BCUT2D eigenvalue weighted by Gasteiger charge is 2.36. The molecule has 0 saturated carbocycles. The lowest BCUT2D eigenvalue weighted by atomic mass is 9.99. The predicted octanol–water partition coefficient (Wildman–Crippen LogP) is 1.56. The topological polar surface area (TPSA) is 72.5 Å². The van der Waals surface area contributed by atoms with E-state index in [0.29, 0.717) is 30.2 Å². The van der Waals surface area contributed by atoms with E-state index in [1.807, 2.05) is 16.3 Å². The van der Waals surface area contributed by atoms with Crippen LogP contribution in [0.15, 0.2) is 16.2 Å². The Morgan fingerprint density at radius 2 is 2.17 bits per heavy atom. The Labute approximate surface area is 144 Å². The SMILES string of the molecule is CN(C)C(=O)N1CCN(Cc2nc3ccsc3c(=O)[nH]2)C(C)(C)C1. The monoisotopic (exact) mass is 349 g/mol. The molecule has 2 amide bonds. The van der Waals surface area contributed by atoms with Gasteiger partial charge in [-0.1, -0.05) is 0 Å². The van der Waals surface area contributed by atoms with Crippen LogP contribution in [0.5, 0.6) is 0 Å². The van der Waals surface area contributed by atoms with Crippen molar-refractivity contribution >= 4 is 27.6 Å². The van der Waals surface area contributed by atoms with Gasteiger partial charge in [0, 0.05) is 39.3 Å². The maximum absolute atomic E-state index is 12.2. The first-order valence-corrected chi connectivity index (χ1v) is 8.83. The minimum atomic E-state index is -0.188. The van der Waals surface area contributed by atoms with Crippen molar-refractivity contribution in [2.24, 2.45) is 0 Å². The van der Waals surface area contributed by atoms with Crippen LogP contribution < -0.4 is 5.56 Å². The number of fused-ring (bicyclic) bond motifs is 1. The molecule has 2 aromatic heterocycles. The first kappa shape index (κ1) is 16.9. The third-order valence-corrected chi connectivity index (χ3v) is 5.33. The number of carbonyl (C=O) groups excluding carboxylic acids is 1. The van der Waals surface area contributed by atoms with Crippen LogP contribution >= 0.6 is 11.3 Å².